The van der Waals surface area contributed by atoms with Gasteiger partial charge in [0.15, 0.2) is 0 Å². The predicted molar refractivity (Wildman–Crippen MR) is 129 cm³/mol. The zero-order chi connectivity index (χ0) is 23.1. The van der Waals surface area contributed by atoms with E-state index in [2.05, 4.69) is 0 Å². The molecule has 0 amide bonds. The Kier molecular flexibility index (Phi) is 8.35. The summed E-state index contributed by atoms with van der Waals surface area (Å²) in [5, 5.41) is 19.6. The van der Waals surface area contributed by atoms with Gasteiger partial charge in [0.05, 0.1) is 11.1 Å². The molecule has 0 spiro atoms. The molecule has 0 aromatic heterocycles. The molecule has 2 unspecified atom stereocenters. The highest BCUT2D eigenvalue weighted by molar-refractivity contribution is 7.99. The molecule has 3 aromatic rings. The summed E-state index contributed by atoms with van der Waals surface area (Å²) in [5.41, 5.74) is 13.4. The Morgan fingerprint density at radius 2 is 1.00 bits per heavy atom. The molecule has 0 saturated carbocycles. The van der Waals surface area contributed by atoms with Crippen molar-refractivity contribution in [2.45, 2.75) is 21.9 Å². The molecule has 0 saturated heterocycles. The number of carbonyl (C=O) groups is 2. The molecule has 8 heteroatoms. The summed E-state index contributed by atoms with van der Waals surface area (Å²) in [7, 11) is 0. The molecule has 166 valence electrons. The first kappa shape index (κ1) is 23.9. The molecule has 6 nitrogen and oxygen atoms in total. The summed E-state index contributed by atoms with van der Waals surface area (Å²) < 4.78 is 0. The molecule has 0 aliphatic rings. The number of rotatable bonds is 10. The molecule has 32 heavy (non-hydrogen) atoms. The average molecular weight is 469 g/mol. The number of aromatic carboxylic acids is 2. The van der Waals surface area contributed by atoms with Crippen LogP contribution in [-0.2, 0) is 0 Å². The van der Waals surface area contributed by atoms with Crippen LogP contribution < -0.4 is 11.5 Å². The summed E-state index contributed by atoms with van der Waals surface area (Å²) in [6, 6.07) is 20.4. The standard InChI is InChI=1S/C24H24N2O4S2/c25-19(13-31-15-7-3-1-4-8-15)21-17(23(27)28)11-12-18(24(29)30)22(21)20(26)14-32-16-9-5-2-6-10-16/h1-12,19-20H,13-14,25-26H2,(H,27,28)(H,29,30). The highest BCUT2D eigenvalue weighted by atomic mass is 32.2. The molecule has 0 bridgehead atoms. The van der Waals surface area contributed by atoms with Crippen LogP contribution in [0.2, 0.25) is 0 Å². The number of thioether (sulfide) groups is 2. The highest BCUT2D eigenvalue weighted by Gasteiger charge is 2.28. The van der Waals surface area contributed by atoms with Crippen LogP contribution in [-0.4, -0.2) is 33.7 Å². The van der Waals surface area contributed by atoms with Gasteiger partial charge in [-0.15, -0.1) is 23.5 Å². The van der Waals surface area contributed by atoms with Crippen LogP contribution >= 0.6 is 23.5 Å². The predicted octanol–water partition coefficient (Wildman–Crippen LogP) is 4.67. The number of carboxylic acids is 2. The first-order chi connectivity index (χ1) is 15.4. The van der Waals surface area contributed by atoms with Gasteiger partial charge >= 0.3 is 11.9 Å². The number of nitrogens with two attached hydrogens (primary N) is 2. The fraction of sp³-hybridized carbons (Fsp3) is 0.167. The van der Waals surface area contributed by atoms with E-state index in [1.807, 2.05) is 60.7 Å². The van der Waals surface area contributed by atoms with E-state index in [-0.39, 0.29) is 22.3 Å². The maximum Gasteiger partial charge on any atom is 0.336 e. The molecule has 2 atom stereocenters. The Balaban J connectivity index is 1.97. The summed E-state index contributed by atoms with van der Waals surface area (Å²) in [6.07, 6.45) is 0. The van der Waals surface area contributed by atoms with Gasteiger partial charge in [0.25, 0.3) is 0 Å². The van der Waals surface area contributed by atoms with E-state index in [1.54, 1.807) is 0 Å². The van der Waals surface area contributed by atoms with E-state index < -0.39 is 24.0 Å². The molecule has 3 aromatic carbocycles. The summed E-state index contributed by atoms with van der Waals surface area (Å²) in [6.45, 7) is 0. The molecule has 0 heterocycles. The highest BCUT2D eigenvalue weighted by Crippen LogP contribution is 2.34. The van der Waals surface area contributed by atoms with E-state index in [1.165, 1.54) is 35.7 Å². The average Bonchev–Trinajstić information content (AvgIpc) is 2.81. The van der Waals surface area contributed by atoms with Crippen LogP contribution in [0.4, 0.5) is 0 Å². The Hall–Kier alpha value is -2.78. The summed E-state index contributed by atoms with van der Waals surface area (Å²) in [4.78, 5) is 25.9. The van der Waals surface area contributed by atoms with Crippen LogP contribution in [0.15, 0.2) is 82.6 Å². The van der Waals surface area contributed by atoms with Crippen molar-refractivity contribution >= 4 is 35.5 Å². The normalized spacial score (nSPS) is 12.8. The Morgan fingerprint density at radius 1 is 0.656 bits per heavy atom. The van der Waals surface area contributed by atoms with Gasteiger partial charge in [-0.2, -0.15) is 0 Å². The van der Waals surface area contributed by atoms with Gasteiger partial charge in [0.1, 0.15) is 0 Å². The minimum Gasteiger partial charge on any atom is -0.478 e. The van der Waals surface area contributed by atoms with Gasteiger partial charge in [-0.3, -0.25) is 0 Å². The molecular weight excluding hydrogens is 444 g/mol. The van der Waals surface area contributed by atoms with Gasteiger partial charge in [-0.05, 0) is 47.5 Å². The number of carboxylic acid groups (broad SMARTS) is 2. The molecule has 3 rings (SSSR count). The third kappa shape index (κ3) is 5.92. The monoisotopic (exact) mass is 468 g/mol. The van der Waals surface area contributed by atoms with Gasteiger partial charge in [-0.25, -0.2) is 9.59 Å². The van der Waals surface area contributed by atoms with Crippen molar-refractivity contribution in [3.05, 3.63) is 95.1 Å². The molecule has 0 radical (unpaired) electrons. The molecular formula is C24H24N2O4S2. The lowest BCUT2D eigenvalue weighted by Crippen LogP contribution is -2.26. The van der Waals surface area contributed by atoms with Crippen molar-refractivity contribution in [3.63, 3.8) is 0 Å². The van der Waals surface area contributed by atoms with Crippen LogP contribution in [0.3, 0.4) is 0 Å². The quantitative estimate of drug-likeness (QED) is 0.316. The summed E-state index contributed by atoms with van der Waals surface area (Å²) in [5.74, 6) is -1.58. The maximum absolute atomic E-state index is 12.0. The second-order valence-electron chi connectivity index (χ2n) is 7.06. The fourth-order valence-electron chi connectivity index (χ4n) is 3.38. The first-order valence-corrected chi connectivity index (χ1v) is 11.9. The lowest BCUT2D eigenvalue weighted by atomic mass is 9.88. The third-order valence-electron chi connectivity index (χ3n) is 4.84. The maximum atomic E-state index is 12.0. The second kappa shape index (κ2) is 11.2. The van der Waals surface area contributed by atoms with E-state index >= 15 is 0 Å². The smallest absolute Gasteiger partial charge is 0.336 e. The van der Waals surface area contributed by atoms with E-state index in [0.717, 1.165) is 9.79 Å². The van der Waals surface area contributed by atoms with Crippen molar-refractivity contribution in [2.75, 3.05) is 11.5 Å². The Morgan fingerprint density at radius 3 is 1.31 bits per heavy atom. The molecule has 0 aliphatic carbocycles. The van der Waals surface area contributed by atoms with E-state index in [9.17, 15) is 19.8 Å². The van der Waals surface area contributed by atoms with Gasteiger partial charge in [0.2, 0.25) is 0 Å². The van der Waals surface area contributed by atoms with Gasteiger partial charge in [0, 0.05) is 33.4 Å². The molecule has 0 aliphatic heterocycles. The number of hydrogen-bond acceptors (Lipinski definition) is 6. The zero-order valence-electron chi connectivity index (χ0n) is 17.2. The largest absolute Gasteiger partial charge is 0.478 e. The van der Waals surface area contributed by atoms with E-state index in [4.69, 9.17) is 11.5 Å². The van der Waals surface area contributed by atoms with Crippen molar-refractivity contribution in [2.24, 2.45) is 11.5 Å². The van der Waals surface area contributed by atoms with Crippen LogP contribution in [0.5, 0.6) is 0 Å². The zero-order valence-corrected chi connectivity index (χ0v) is 18.8. The molecule has 6 N–H and O–H groups in total. The number of hydrogen-bond donors (Lipinski definition) is 4. The molecule has 0 fully saturated rings. The lowest BCUT2D eigenvalue weighted by Gasteiger charge is -2.24. The van der Waals surface area contributed by atoms with Gasteiger partial charge in [-0.1, -0.05) is 36.4 Å². The minimum atomic E-state index is -1.17. The van der Waals surface area contributed by atoms with Crippen molar-refractivity contribution < 1.29 is 19.8 Å². The van der Waals surface area contributed by atoms with E-state index in [0.29, 0.717) is 11.5 Å². The van der Waals surface area contributed by atoms with Crippen molar-refractivity contribution in [3.8, 4) is 0 Å². The van der Waals surface area contributed by atoms with Gasteiger partial charge < -0.3 is 21.7 Å². The fourth-order valence-corrected chi connectivity index (χ4v) is 5.16. The van der Waals surface area contributed by atoms with Crippen molar-refractivity contribution in [1.82, 2.24) is 0 Å². The van der Waals surface area contributed by atoms with Crippen LogP contribution in [0.1, 0.15) is 43.9 Å². The third-order valence-corrected chi connectivity index (χ3v) is 7.10. The van der Waals surface area contributed by atoms with Crippen LogP contribution in [0.25, 0.3) is 0 Å². The van der Waals surface area contributed by atoms with Crippen molar-refractivity contribution in [1.29, 1.82) is 0 Å². The Labute approximate surface area is 195 Å². The Bertz CT molecular complexity index is 992. The number of benzene rings is 3. The first-order valence-electron chi connectivity index (χ1n) is 9.88. The SMILES string of the molecule is NC(CSc1ccccc1)c1c(C(=O)O)ccc(C(=O)O)c1C(N)CSc1ccccc1. The minimum absolute atomic E-state index is 0.0219. The van der Waals surface area contributed by atoms with Crippen LogP contribution in [0, 0.1) is 0 Å². The second-order valence-corrected chi connectivity index (χ2v) is 9.25. The summed E-state index contributed by atoms with van der Waals surface area (Å²) >= 11 is 2.95. The topological polar surface area (TPSA) is 127 Å². The lowest BCUT2D eigenvalue weighted by molar-refractivity contribution is 0.0678.